The molecule has 4 rings (SSSR count). The summed E-state index contributed by atoms with van der Waals surface area (Å²) in [5, 5.41) is 12.0. The number of pyridine rings is 1. The molecule has 0 saturated carbocycles. The minimum Gasteiger partial charge on any atom is -0.356 e. The predicted molar refractivity (Wildman–Crippen MR) is 137 cm³/mol. The van der Waals surface area contributed by atoms with Crippen molar-refractivity contribution >= 4 is 41.5 Å². The van der Waals surface area contributed by atoms with Crippen LogP contribution in [0.3, 0.4) is 0 Å². The van der Waals surface area contributed by atoms with E-state index in [0.717, 1.165) is 82.5 Å². The minimum absolute atomic E-state index is 0. The molecule has 2 fully saturated rings. The highest BCUT2D eigenvalue weighted by molar-refractivity contribution is 14.0. The molecule has 0 bridgehead atoms. The number of hydrogen-bond donors (Lipinski definition) is 1. The third-order valence-corrected chi connectivity index (χ3v) is 6.22. The molecule has 0 radical (unpaired) electrons. The fourth-order valence-electron chi connectivity index (χ4n) is 4.41. The monoisotopic (exact) mass is 554 g/mol. The second kappa shape index (κ2) is 12.3. The van der Waals surface area contributed by atoms with Gasteiger partial charge in [0.05, 0.1) is 6.54 Å². The zero-order valence-electron chi connectivity index (χ0n) is 18.9. The normalized spacial score (nSPS) is 18.3. The average Bonchev–Trinajstić information content (AvgIpc) is 3.01. The molecule has 1 N–H and O–H groups in total. The van der Waals surface area contributed by atoms with Gasteiger partial charge in [-0.25, -0.2) is 0 Å². The van der Waals surface area contributed by atoms with Crippen molar-refractivity contribution in [3.8, 4) is 0 Å². The Balaban J connectivity index is 0.00000289. The number of nitrogens with zero attached hydrogens (tertiary/aromatic N) is 7. The molecule has 9 nitrogen and oxygen atoms in total. The van der Waals surface area contributed by atoms with Gasteiger partial charge in [0.1, 0.15) is 5.82 Å². The maximum atomic E-state index is 12.7. The van der Waals surface area contributed by atoms with E-state index in [1.807, 2.05) is 35.8 Å². The first kappa shape index (κ1) is 24.7. The Hall–Kier alpha value is -1.95. The number of hydrogen-bond acceptors (Lipinski definition) is 5. The molecule has 2 aliphatic rings. The Labute approximate surface area is 207 Å². The Morgan fingerprint density at radius 1 is 1.00 bits per heavy atom. The summed E-state index contributed by atoms with van der Waals surface area (Å²) < 4.78 is 2.02. The highest BCUT2D eigenvalue weighted by Gasteiger charge is 2.23. The van der Waals surface area contributed by atoms with E-state index in [1.54, 1.807) is 0 Å². The molecule has 0 aliphatic carbocycles. The highest BCUT2D eigenvalue weighted by atomic mass is 127. The van der Waals surface area contributed by atoms with Crippen molar-refractivity contribution in [2.45, 2.75) is 32.1 Å². The number of guanidine groups is 1. The summed E-state index contributed by atoms with van der Waals surface area (Å²) in [6.45, 7) is 6.66. The van der Waals surface area contributed by atoms with Crippen LogP contribution in [0, 0.1) is 0 Å². The first-order chi connectivity index (χ1) is 15.2. The van der Waals surface area contributed by atoms with Crippen molar-refractivity contribution in [1.29, 1.82) is 0 Å². The van der Waals surface area contributed by atoms with E-state index in [0.29, 0.717) is 12.5 Å². The van der Waals surface area contributed by atoms with Gasteiger partial charge in [-0.1, -0.05) is 18.9 Å². The third kappa shape index (κ3) is 6.31. The van der Waals surface area contributed by atoms with E-state index in [4.69, 9.17) is 0 Å². The van der Waals surface area contributed by atoms with E-state index in [1.165, 1.54) is 12.8 Å². The lowest BCUT2D eigenvalue weighted by Crippen LogP contribution is -2.54. The number of halogens is 1. The number of piperazine rings is 1. The number of fused-ring (bicyclic) bond motifs is 1. The van der Waals surface area contributed by atoms with Crippen LogP contribution in [0.1, 0.15) is 31.5 Å². The first-order valence-corrected chi connectivity index (χ1v) is 11.5. The molecule has 2 aliphatic heterocycles. The van der Waals surface area contributed by atoms with Gasteiger partial charge in [0, 0.05) is 65.5 Å². The smallest absolute Gasteiger partial charge is 0.236 e. The van der Waals surface area contributed by atoms with Gasteiger partial charge in [-0.3, -0.25) is 19.1 Å². The molecule has 0 aromatic carbocycles. The van der Waals surface area contributed by atoms with E-state index in [2.05, 4.69) is 35.2 Å². The van der Waals surface area contributed by atoms with Crippen molar-refractivity contribution < 1.29 is 4.79 Å². The molecule has 1 amide bonds. The number of amides is 1. The summed E-state index contributed by atoms with van der Waals surface area (Å²) in [5.41, 5.74) is 0.868. The molecule has 0 unspecified atom stereocenters. The second-order valence-electron chi connectivity index (χ2n) is 8.33. The number of likely N-dealkylation sites (tertiary alicyclic amines) is 1. The van der Waals surface area contributed by atoms with Gasteiger partial charge >= 0.3 is 0 Å². The van der Waals surface area contributed by atoms with Gasteiger partial charge in [0.25, 0.3) is 0 Å². The number of carbonyl (C=O) groups is 1. The summed E-state index contributed by atoms with van der Waals surface area (Å²) in [6, 6.07) is 5.91. The van der Waals surface area contributed by atoms with Crippen molar-refractivity contribution in [3.05, 3.63) is 30.2 Å². The van der Waals surface area contributed by atoms with Crippen LogP contribution in [0.4, 0.5) is 0 Å². The van der Waals surface area contributed by atoms with Gasteiger partial charge in [0.2, 0.25) is 5.91 Å². The van der Waals surface area contributed by atoms with Crippen LogP contribution in [0.15, 0.2) is 29.4 Å². The Bertz CT molecular complexity index is 885. The molecule has 2 aromatic rings. The number of aromatic nitrogens is 3. The van der Waals surface area contributed by atoms with Gasteiger partial charge < -0.3 is 15.1 Å². The van der Waals surface area contributed by atoms with Crippen molar-refractivity contribution in [2.75, 3.05) is 59.4 Å². The van der Waals surface area contributed by atoms with Gasteiger partial charge in [-0.05, 0) is 25.0 Å². The molecule has 4 heterocycles. The van der Waals surface area contributed by atoms with Crippen LogP contribution in [-0.4, -0.2) is 101 Å². The Kier molecular flexibility index (Phi) is 9.51. The molecule has 0 spiro atoms. The number of aliphatic imine (C=N–C) groups is 1. The first-order valence-electron chi connectivity index (χ1n) is 11.5. The summed E-state index contributed by atoms with van der Waals surface area (Å²) in [6.07, 6.45) is 7.56. The number of carbonyl (C=O) groups excluding carboxylic acids is 1. The van der Waals surface area contributed by atoms with Crippen LogP contribution in [0.2, 0.25) is 0 Å². The van der Waals surface area contributed by atoms with Crippen molar-refractivity contribution in [2.24, 2.45) is 4.99 Å². The summed E-state index contributed by atoms with van der Waals surface area (Å²) in [7, 11) is 1.82. The third-order valence-electron chi connectivity index (χ3n) is 6.22. The molecule has 32 heavy (non-hydrogen) atoms. The van der Waals surface area contributed by atoms with Crippen LogP contribution in [-0.2, 0) is 11.2 Å². The second-order valence-corrected chi connectivity index (χ2v) is 8.33. The fraction of sp³-hybridized carbons (Fsp3) is 0.636. The minimum atomic E-state index is 0. The van der Waals surface area contributed by atoms with E-state index in [-0.39, 0.29) is 24.0 Å². The molecule has 2 aromatic heterocycles. The lowest BCUT2D eigenvalue weighted by molar-refractivity contribution is -0.132. The van der Waals surface area contributed by atoms with Crippen molar-refractivity contribution in [3.63, 3.8) is 0 Å². The van der Waals surface area contributed by atoms with E-state index < -0.39 is 0 Å². The quantitative estimate of drug-likeness (QED) is 0.343. The van der Waals surface area contributed by atoms with Crippen LogP contribution in [0.5, 0.6) is 0 Å². The average molecular weight is 554 g/mol. The fourth-order valence-corrected chi connectivity index (χ4v) is 4.41. The van der Waals surface area contributed by atoms with E-state index >= 15 is 0 Å². The lowest BCUT2D eigenvalue weighted by Gasteiger charge is -2.37. The largest absolute Gasteiger partial charge is 0.356 e. The highest BCUT2D eigenvalue weighted by Crippen LogP contribution is 2.11. The number of rotatable bonds is 5. The van der Waals surface area contributed by atoms with Gasteiger partial charge in [0.15, 0.2) is 11.6 Å². The van der Waals surface area contributed by atoms with Crippen LogP contribution < -0.4 is 5.32 Å². The van der Waals surface area contributed by atoms with Crippen LogP contribution >= 0.6 is 24.0 Å². The maximum Gasteiger partial charge on any atom is 0.236 e. The SMILES string of the molecule is CN=C(NCCc1nnc2ccccn12)N1CCN(CC(=O)N2CCCCCC2)CC1.I. The molecular weight excluding hydrogens is 519 g/mol. The molecule has 0 atom stereocenters. The number of nitrogens with one attached hydrogen (secondary N) is 1. The summed E-state index contributed by atoms with van der Waals surface area (Å²) in [4.78, 5) is 23.7. The predicted octanol–water partition coefficient (Wildman–Crippen LogP) is 1.49. The van der Waals surface area contributed by atoms with Gasteiger partial charge in [-0.15, -0.1) is 34.2 Å². The lowest BCUT2D eigenvalue weighted by atomic mass is 10.2. The standard InChI is InChI=1S/C22H34N8O.HI/c1-23-22(24-10-9-20-26-25-19-8-4-7-13-30(19)20)29-16-14-27(15-17-29)18-21(31)28-11-5-2-3-6-12-28;/h4,7-8,13H,2-3,5-6,9-12,14-18H2,1H3,(H,23,24);1H. The molecule has 10 heteroatoms. The molecule has 2 saturated heterocycles. The van der Waals surface area contributed by atoms with Crippen LogP contribution in [0.25, 0.3) is 5.65 Å². The van der Waals surface area contributed by atoms with Crippen molar-refractivity contribution in [1.82, 2.24) is 34.6 Å². The maximum absolute atomic E-state index is 12.7. The topological polar surface area (TPSA) is 81.4 Å². The summed E-state index contributed by atoms with van der Waals surface area (Å²) in [5.74, 6) is 2.14. The Morgan fingerprint density at radius 2 is 1.75 bits per heavy atom. The van der Waals surface area contributed by atoms with Gasteiger partial charge in [-0.2, -0.15) is 0 Å². The zero-order chi connectivity index (χ0) is 21.5. The van der Waals surface area contributed by atoms with E-state index in [9.17, 15) is 4.79 Å². The Morgan fingerprint density at radius 3 is 2.47 bits per heavy atom. The molecule has 176 valence electrons. The summed E-state index contributed by atoms with van der Waals surface area (Å²) >= 11 is 0. The zero-order valence-corrected chi connectivity index (χ0v) is 21.3. The molecular formula is C22H35IN8O.